The fourth-order valence-electron chi connectivity index (χ4n) is 4.35. The topological polar surface area (TPSA) is 29.5 Å². The predicted octanol–water partition coefficient (Wildman–Crippen LogP) is 6.89. The molecule has 0 saturated heterocycles. The average molecular weight is 359 g/mol. The number of rotatable bonds is 6. The lowest BCUT2D eigenvalue weighted by Gasteiger charge is -2.41. The Balaban J connectivity index is 2.13. The van der Waals surface area contributed by atoms with Gasteiger partial charge >= 0.3 is 0 Å². The number of ether oxygens (including phenoxy) is 1. The van der Waals surface area contributed by atoms with Crippen LogP contribution in [0.2, 0.25) is 0 Å². The van der Waals surface area contributed by atoms with Gasteiger partial charge in [-0.05, 0) is 93.9 Å². The summed E-state index contributed by atoms with van der Waals surface area (Å²) in [7, 11) is 0. The molecule has 0 saturated carbocycles. The molecule has 2 heteroatoms. The molecule has 0 bridgehead atoms. The molecule has 0 aliphatic carbocycles. The average Bonchev–Trinajstić information content (AvgIpc) is 2.51. The lowest BCUT2D eigenvalue weighted by atomic mass is 9.75. The van der Waals surface area contributed by atoms with Gasteiger partial charge in [0.05, 0.1) is 0 Å². The second-order valence-corrected chi connectivity index (χ2v) is 9.88. The van der Waals surface area contributed by atoms with Crippen LogP contribution in [0.25, 0.3) is 0 Å². The molecule has 2 nitrogen and oxygen atoms in total. The Kier molecular flexibility index (Phi) is 6.15. The fourth-order valence-corrected chi connectivity index (χ4v) is 4.35. The van der Waals surface area contributed by atoms with E-state index in [1.54, 1.807) is 0 Å². The molecule has 1 atom stereocenters. The largest absolute Gasteiger partial charge is 0.508 e. The number of aryl methyl sites for hydroxylation is 1. The minimum atomic E-state index is -0.148. The minimum Gasteiger partial charge on any atom is -0.508 e. The van der Waals surface area contributed by atoms with E-state index in [1.807, 2.05) is 13.0 Å². The van der Waals surface area contributed by atoms with Crippen LogP contribution in [0.15, 0.2) is 17.7 Å². The Bertz CT molecular complexity index is 682. The molecular formula is C24H38O2. The molecule has 1 heterocycles. The van der Waals surface area contributed by atoms with E-state index in [2.05, 4.69) is 54.5 Å². The van der Waals surface area contributed by atoms with Crippen LogP contribution in [0.1, 0.15) is 83.9 Å². The maximum atomic E-state index is 10.1. The maximum absolute atomic E-state index is 10.1. The molecule has 1 N–H and O–H groups in total. The van der Waals surface area contributed by atoms with Crippen molar-refractivity contribution in [3.63, 3.8) is 0 Å². The summed E-state index contributed by atoms with van der Waals surface area (Å²) in [5, 5.41) is 10.1. The summed E-state index contributed by atoms with van der Waals surface area (Å²) in [6, 6.07) is 1.89. The Labute approximate surface area is 160 Å². The third kappa shape index (κ3) is 5.05. The number of hydrogen-bond acceptors (Lipinski definition) is 2. The van der Waals surface area contributed by atoms with Crippen LogP contribution in [0.4, 0.5) is 0 Å². The molecule has 2 rings (SSSR count). The van der Waals surface area contributed by atoms with E-state index < -0.39 is 0 Å². The highest BCUT2D eigenvalue weighted by Crippen LogP contribution is 2.44. The summed E-state index contributed by atoms with van der Waals surface area (Å²) in [4.78, 5) is 0. The molecule has 26 heavy (non-hydrogen) atoms. The van der Waals surface area contributed by atoms with Crippen molar-refractivity contribution in [2.75, 3.05) is 0 Å². The summed E-state index contributed by atoms with van der Waals surface area (Å²) < 4.78 is 6.56. The van der Waals surface area contributed by atoms with Crippen molar-refractivity contribution in [1.82, 2.24) is 0 Å². The number of phenolic OH excluding ortho intramolecular Hbond substituents is 1. The summed E-state index contributed by atoms with van der Waals surface area (Å²) in [6.07, 6.45) is 7.70. The van der Waals surface area contributed by atoms with Gasteiger partial charge in [0.1, 0.15) is 17.1 Å². The van der Waals surface area contributed by atoms with Crippen LogP contribution >= 0.6 is 0 Å². The predicted molar refractivity (Wildman–Crippen MR) is 111 cm³/mol. The van der Waals surface area contributed by atoms with Crippen LogP contribution in [0.3, 0.4) is 0 Å². The highest BCUT2D eigenvalue weighted by Gasteiger charge is 2.37. The lowest BCUT2D eigenvalue weighted by molar-refractivity contribution is 0.0202. The molecule has 0 unspecified atom stereocenters. The van der Waals surface area contributed by atoms with E-state index in [-0.39, 0.29) is 11.0 Å². The standard InChI is InChI=1S/C24H38O2/c1-16(2)13-17(3)9-11-23(6,7)15-24(8)12-10-20-14-21(25)18(4)19(5)22(20)26-24/h9,14,16,25H,10-13,15H2,1-8H3/b17-9+/t24-/m0/s1. The van der Waals surface area contributed by atoms with E-state index in [0.29, 0.717) is 11.7 Å². The molecule has 1 aliphatic rings. The zero-order valence-electron chi connectivity index (χ0n) is 18.1. The first-order valence-electron chi connectivity index (χ1n) is 10.1. The van der Waals surface area contributed by atoms with Crippen LogP contribution in [0, 0.1) is 25.2 Å². The number of benzene rings is 1. The van der Waals surface area contributed by atoms with Crippen molar-refractivity contribution in [3.05, 3.63) is 34.4 Å². The first-order valence-corrected chi connectivity index (χ1v) is 10.1. The molecule has 0 spiro atoms. The number of allylic oxidation sites excluding steroid dienone is 2. The maximum Gasteiger partial charge on any atom is 0.126 e. The third-order valence-electron chi connectivity index (χ3n) is 5.75. The van der Waals surface area contributed by atoms with E-state index in [9.17, 15) is 5.11 Å². The van der Waals surface area contributed by atoms with Crippen molar-refractivity contribution in [1.29, 1.82) is 0 Å². The van der Waals surface area contributed by atoms with Gasteiger partial charge in [0.25, 0.3) is 0 Å². The van der Waals surface area contributed by atoms with Crippen molar-refractivity contribution in [3.8, 4) is 11.5 Å². The smallest absolute Gasteiger partial charge is 0.126 e. The van der Waals surface area contributed by atoms with Gasteiger partial charge in [-0.3, -0.25) is 0 Å². The number of fused-ring (bicyclic) bond motifs is 1. The Morgan fingerprint density at radius 3 is 2.58 bits per heavy atom. The second-order valence-electron chi connectivity index (χ2n) is 9.88. The van der Waals surface area contributed by atoms with Gasteiger partial charge in [-0.25, -0.2) is 0 Å². The minimum absolute atomic E-state index is 0.148. The zero-order chi connectivity index (χ0) is 19.7. The van der Waals surface area contributed by atoms with Gasteiger partial charge in [-0.1, -0.05) is 39.3 Å². The van der Waals surface area contributed by atoms with Gasteiger partial charge in [0, 0.05) is 0 Å². The molecule has 146 valence electrons. The highest BCUT2D eigenvalue weighted by molar-refractivity contribution is 5.53. The summed E-state index contributed by atoms with van der Waals surface area (Å²) >= 11 is 0. The van der Waals surface area contributed by atoms with Crippen LogP contribution in [0.5, 0.6) is 11.5 Å². The van der Waals surface area contributed by atoms with Gasteiger partial charge in [-0.15, -0.1) is 0 Å². The van der Waals surface area contributed by atoms with Gasteiger partial charge in [-0.2, -0.15) is 0 Å². The molecule has 0 amide bonds. The van der Waals surface area contributed by atoms with E-state index in [1.165, 1.54) is 12.0 Å². The lowest BCUT2D eigenvalue weighted by Crippen LogP contribution is -2.40. The van der Waals surface area contributed by atoms with Crippen molar-refractivity contribution in [2.45, 2.75) is 93.1 Å². The summed E-state index contributed by atoms with van der Waals surface area (Å²) in [5.41, 5.74) is 4.70. The Morgan fingerprint density at radius 1 is 1.31 bits per heavy atom. The summed E-state index contributed by atoms with van der Waals surface area (Å²) in [6.45, 7) is 17.8. The Hall–Kier alpha value is -1.44. The first kappa shape index (κ1) is 20.9. The molecule has 0 radical (unpaired) electrons. The van der Waals surface area contributed by atoms with E-state index in [4.69, 9.17) is 4.74 Å². The molecular weight excluding hydrogens is 320 g/mol. The van der Waals surface area contributed by atoms with Crippen LogP contribution in [-0.2, 0) is 6.42 Å². The van der Waals surface area contributed by atoms with Crippen LogP contribution in [-0.4, -0.2) is 10.7 Å². The molecule has 1 aromatic rings. The zero-order valence-corrected chi connectivity index (χ0v) is 18.1. The highest BCUT2D eigenvalue weighted by atomic mass is 16.5. The van der Waals surface area contributed by atoms with E-state index >= 15 is 0 Å². The van der Waals surface area contributed by atoms with Crippen molar-refractivity contribution >= 4 is 0 Å². The van der Waals surface area contributed by atoms with Gasteiger partial charge < -0.3 is 9.84 Å². The fraction of sp³-hybridized carbons (Fsp3) is 0.667. The van der Waals surface area contributed by atoms with Gasteiger partial charge in [0.15, 0.2) is 0 Å². The van der Waals surface area contributed by atoms with E-state index in [0.717, 1.165) is 48.1 Å². The number of phenols is 1. The van der Waals surface area contributed by atoms with Crippen molar-refractivity contribution < 1.29 is 9.84 Å². The molecule has 1 aliphatic heterocycles. The molecule has 0 aromatic heterocycles. The van der Waals surface area contributed by atoms with Crippen molar-refractivity contribution in [2.24, 2.45) is 11.3 Å². The molecule has 0 fully saturated rings. The monoisotopic (exact) mass is 358 g/mol. The SMILES string of the molecule is C/C(=C\CC(C)(C)C[C@]1(C)CCc2cc(O)c(C)c(C)c2O1)CC(C)C. The first-order chi connectivity index (χ1) is 11.9. The number of hydrogen-bond donors (Lipinski definition) is 1. The number of aromatic hydroxyl groups is 1. The normalized spacial score (nSPS) is 20.9. The second kappa shape index (κ2) is 7.66. The quantitative estimate of drug-likeness (QED) is 0.561. The third-order valence-corrected chi connectivity index (χ3v) is 5.75. The Morgan fingerprint density at radius 2 is 1.96 bits per heavy atom. The molecule has 1 aromatic carbocycles. The van der Waals surface area contributed by atoms with Gasteiger partial charge in [0.2, 0.25) is 0 Å². The summed E-state index contributed by atoms with van der Waals surface area (Å²) in [5.74, 6) is 2.10. The van der Waals surface area contributed by atoms with Crippen LogP contribution < -0.4 is 4.74 Å².